The number of thiophene rings is 1. The van der Waals surface area contributed by atoms with Crippen LogP contribution in [0.3, 0.4) is 0 Å². The van der Waals surface area contributed by atoms with Gasteiger partial charge in [0, 0.05) is 16.3 Å². The molecule has 1 saturated carbocycles. The second-order valence-electron chi connectivity index (χ2n) is 5.36. The summed E-state index contributed by atoms with van der Waals surface area (Å²) < 4.78 is 0. The summed E-state index contributed by atoms with van der Waals surface area (Å²) in [5, 5.41) is 19.8. The van der Waals surface area contributed by atoms with Crippen molar-refractivity contribution in [3.63, 3.8) is 0 Å². The summed E-state index contributed by atoms with van der Waals surface area (Å²) in [5.74, 6) is -0.0527. The molecule has 2 atom stereocenters. The molecule has 0 saturated heterocycles. The van der Waals surface area contributed by atoms with E-state index in [0.29, 0.717) is 0 Å². The number of aliphatic hydroxyl groups is 1. The van der Waals surface area contributed by atoms with Crippen LogP contribution in [0.15, 0.2) is 22.2 Å². The van der Waals surface area contributed by atoms with Crippen LogP contribution >= 0.6 is 22.7 Å². The van der Waals surface area contributed by atoms with Crippen molar-refractivity contribution in [1.29, 1.82) is 0 Å². The van der Waals surface area contributed by atoms with Gasteiger partial charge >= 0.3 is 0 Å². The van der Waals surface area contributed by atoms with E-state index in [0.717, 1.165) is 41.9 Å². The number of amides is 1. The fourth-order valence-electron chi connectivity index (χ4n) is 2.61. The summed E-state index contributed by atoms with van der Waals surface area (Å²) in [6, 6.07) is 1.94. The Balaban J connectivity index is 1.57. The fraction of sp³-hybridized carbons (Fsp3) is 0.467. The first-order valence-electron chi connectivity index (χ1n) is 7.17. The predicted molar refractivity (Wildman–Crippen MR) is 85.5 cm³/mol. The molecule has 0 aliphatic heterocycles. The van der Waals surface area contributed by atoms with Gasteiger partial charge in [-0.2, -0.15) is 11.3 Å². The number of aromatic nitrogens is 1. The van der Waals surface area contributed by atoms with E-state index in [-0.39, 0.29) is 18.4 Å². The van der Waals surface area contributed by atoms with E-state index in [2.05, 4.69) is 15.7 Å². The van der Waals surface area contributed by atoms with Crippen LogP contribution in [-0.2, 0) is 11.2 Å². The highest BCUT2D eigenvalue weighted by molar-refractivity contribution is 7.14. The molecule has 6 heteroatoms. The minimum atomic E-state index is -0.403. The van der Waals surface area contributed by atoms with Gasteiger partial charge in [0.05, 0.1) is 24.3 Å². The predicted octanol–water partition coefficient (Wildman–Crippen LogP) is 2.83. The molecule has 2 unspecified atom stereocenters. The fourth-order valence-corrected chi connectivity index (χ4v) is 4.14. The van der Waals surface area contributed by atoms with Gasteiger partial charge in [-0.05, 0) is 24.3 Å². The molecule has 3 rings (SSSR count). The van der Waals surface area contributed by atoms with Crippen molar-refractivity contribution < 1.29 is 9.90 Å². The van der Waals surface area contributed by atoms with Crippen molar-refractivity contribution in [3.05, 3.63) is 27.9 Å². The SMILES string of the molecule is O=C(Cc1csc(-c2ccsc2)n1)NC1CCCCC1O. The van der Waals surface area contributed by atoms with E-state index < -0.39 is 6.10 Å². The summed E-state index contributed by atoms with van der Waals surface area (Å²) in [6.07, 6.45) is 3.64. The summed E-state index contributed by atoms with van der Waals surface area (Å²) in [5.41, 5.74) is 1.91. The van der Waals surface area contributed by atoms with Crippen molar-refractivity contribution in [2.75, 3.05) is 0 Å². The first-order chi connectivity index (χ1) is 10.2. The summed E-state index contributed by atoms with van der Waals surface area (Å²) in [4.78, 5) is 16.6. The Hall–Kier alpha value is -1.24. The van der Waals surface area contributed by atoms with Crippen molar-refractivity contribution in [1.82, 2.24) is 10.3 Å². The van der Waals surface area contributed by atoms with Crippen LogP contribution in [0.25, 0.3) is 10.6 Å². The molecule has 1 amide bonds. The quantitative estimate of drug-likeness (QED) is 0.910. The zero-order valence-corrected chi connectivity index (χ0v) is 13.3. The Morgan fingerprint density at radius 3 is 3.00 bits per heavy atom. The lowest BCUT2D eigenvalue weighted by atomic mass is 9.92. The molecule has 0 aromatic carbocycles. The Bertz CT molecular complexity index is 595. The first-order valence-corrected chi connectivity index (χ1v) is 8.99. The molecule has 1 aliphatic rings. The number of aliphatic hydroxyl groups excluding tert-OH is 1. The third-order valence-corrected chi connectivity index (χ3v) is 5.36. The Kier molecular flexibility index (Phi) is 4.67. The lowest BCUT2D eigenvalue weighted by Crippen LogP contribution is -2.45. The van der Waals surface area contributed by atoms with E-state index in [1.54, 1.807) is 22.7 Å². The molecule has 2 aromatic rings. The lowest BCUT2D eigenvalue weighted by Gasteiger charge is -2.28. The lowest BCUT2D eigenvalue weighted by molar-refractivity contribution is -0.122. The Morgan fingerprint density at radius 1 is 1.38 bits per heavy atom. The molecule has 2 aromatic heterocycles. The van der Waals surface area contributed by atoms with Crippen LogP contribution in [0, 0.1) is 0 Å². The number of carbonyl (C=O) groups is 1. The summed E-state index contributed by atoms with van der Waals surface area (Å²) in [7, 11) is 0. The van der Waals surface area contributed by atoms with Crippen LogP contribution in [0.1, 0.15) is 31.4 Å². The Morgan fingerprint density at radius 2 is 2.24 bits per heavy atom. The van der Waals surface area contributed by atoms with Crippen LogP contribution in [0.2, 0.25) is 0 Å². The topological polar surface area (TPSA) is 62.2 Å². The molecule has 1 aliphatic carbocycles. The second-order valence-corrected chi connectivity index (χ2v) is 7.00. The van der Waals surface area contributed by atoms with Crippen molar-refractivity contribution in [2.24, 2.45) is 0 Å². The highest BCUT2D eigenvalue weighted by atomic mass is 32.1. The third kappa shape index (κ3) is 3.70. The van der Waals surface area contributed by atoms with Crippen molar-refractivity contribution in [3.8, 4) is 10.6 Å². The van der Waals surface area contributed by atoms with E-state index >= 15 is 0 Å². The third-order valence-electron chi connectivity index (χ3n) is 3.74. The maximum absolute atomic E-state index is 12.1. The maximum Gasteiger partial charge on any atom is 0.226 e. The highest BCUT2D eigenvalue weighted by Gasteiger charge is 2.24. The number of nitrogens with one attached hydrogen (secondary N) is 1. The number of hydrogen-bond acceptors (Lipinski definition) is 5. The molecule has 2 heterocycles. The van der Waals surface area contributed by atoms with Crippen LogP contribution in [0.5, 0.6) is 0 Å². The minimum absolute atomic E-state index is 0.0527. The van der Waals surface area contributed by atoms with Gasteiger partial charge in [-0.15, -0.1) is 11.3 Å². The molecule has 0 radical (unpaired) electrons. The van der Waals surface area contributed by atoms with Gasteiger partial charge in [-0.1, -0.05) is 12.8 Å². The van der Waals surface area contributed by atoms with Gasteiger partial charge in [0.1, 0.15) is 5.01 Å². The smallest absolute Gasteiger partial charge is 0.226 e. The zero-order valence-electron chi connectivity index (χ0n) is 11.6. The number of carbonyl (C=O) groups excluding carboxylic acids is 1. The van der Waals surface area contributed by atoms with E-state index in [4.69, 9.17) is 0 Å². The first kappa shape index (κ1) is 14.7. The average molecular weight is 322 g/mol. The number of hydrogen-bond donors (Lipinski definition) is 2. The van der Waals surface area contributed by atoms with E-state index in [1.807, 2.05) is 16.8 Å². The standard InChI is InChI=1S/C15H18N2O2S2/c18-13-4-2-1-3-12(13)17-14(19)7-11-9-21-15(16-11)10-5-6-20-8-10/h5-6,8-9,12-13,18H,1-4,7H2,(H,17,19). The van der Waals surface area contributed by atoms with Gasteiger partial charge in [0.25, 0.3) is 0 Å². The zero-order chi connectivity index (χ0) is 14.7. The number of thiazole rings is 1. The monoisotopic (exact) mass is 322 g/mol. The molecule has 0 spiro atoms. The minimum Gasteiger partial charge on any atom is -0.391 e. The number of nitrogens with zero attached hydrogens (tertiary/aromatic N) is 1. The Labute approximate surface area is 131 Å². The molecule has 4 nitrogen and oxygen atoms in total. The summed E-state index contributed by atoms with van der Waals surface area (Å²) in [6.45, 7) is 0. The van der Waals surface area contributed by atoms with Crippen molar-refractivity contribution >= 4 is 28.6 Å². The van der Waals surface area contributed by atoms with Crippen LogP contribution < -0.4 is 5.32 Å². The average Bonchev–Trinajstić information content (AvgIpc) is 3.12. The molecular formula is C15H18N2O2S2. The van der Waals surface area contributed by atoms with Gasteiger partial charge in [-0.3, -0.25) is 4.79 Å². The number of rotatable bonds is 4. The van der Waals surface area contributed by atoms with Gasteiger partial charge < -0.3 is 10.4 Å². The largest absolute Gasteiger partial charge is 0.391 e. The van der Waals surface area contributed by atoms with E-state index in [9.17, 15) is 9.90 Å². The molecule has 2 N–H and O–H groups in total. The van der Waals surface area contributed by atoms with Gasteiger partial charge in [0.2, 0.25) is 5.91 Å². The highest BCUT2D eigenvalue weighted by Crippen LogP contribution is 2.26. The molecule has 1 fully saturated rings. The molecular weight excluding hydrogens is 304 g/mol. The summed E-state index contributed by atoms with van der Waals surface area (Å²) >= 11 is 3.20. The van der Waals surface area contributed by atoms with Crippen LogP contribution in [-0.4, -0.2) is 28.1 Å². The van der Waals surface area contributed by atoms with Crippen LogP contribution in [0.4, 0.5) is 0 Å². The van der Waals surface area contributed by atoms with E-state index in [1.165, 1.54) is 0 Å². The van der Waals surface area contributed by atoms with Gasteiger partial charge in [-0.25, -0.2) is 4.98 Å². The maximum atomic E-state index is 12.1. The second kappa shape index (κ2) is 6.68. The van der Waals surface area contributed by atoms with Gasteiger partial charge in [0.15, 0.2) is 0 Å². The van der Waals surface area contributed by atoms with Crippen molar-refractivity contribution in [2.45, 2.75) is 44.2 Å². The molecule has 112 valence electrons. The normalized spacial score (nSPS) is 22.1. The molecule has 0 bridgehead atoms. The molecule has 21 heavy (non-hydrogen) atoms.